The van der Waals surface area contributed by atoms with Crippen LogP contribution in [0.25, 0.3) is 0 Å². The second-order valence-electron chi connectivity index (χ2n) is 9.62. The first kappa shape index (κ1) is 26.2. The number of hydrogen-bond acceptors (Lipinski definition) is 8. The second kappa shape index (κ2) is 12.0. The maximum atomic E-state index is 13.6. The summed E-state index contributed by atoms with van der Waals surface area (Å²) in [5, 5.41) is 5.68. The number of nitrogens with zero attached hydrogens (tertiary/aromatic N) is 2. The fraction of sp³-hybridized carbons (Fsp3) is 0.429. The molecule has 38 heavy (non-hydrogen) atoms. The Morgan fingerprint density at radius 3 is 1.45 bits per heavy atom. The molecule has 0 atom stereocenters. The zero-order chi connectivity index (χ0) is 26.5. The molecule has 0 aromatic heterocycles. The predicted octanol–water partition coefficient (Wildman–Crippen LogP) is 1.78. The Hall–Kier alpha value is -3.44. The summed E-state index contributed by atoms with van der Waals surface area (Å²) >= 11 is 0. The van der Waals surface area contributed by atoms with Gasteiger partial charge < -0.3 is 20.1 Å². The molecule has 2 fully saturated rings. The lowest BCUT2D eigenvalue weighted by atomic mass is 9.82. The van der Waals surface area contributed by atoms with Crippen molar-refractivity contribution < 1.29 is 28.7 Å². The standard InChI is InChI=1S/C28H32N4O6/c33-23(7-9-31-11-15-37-16-12-31)29-21-5-6-22(30-24(34)8-10-32-13-17-38-18-14-32)26-25(21)27(35)19-3-1-2-4-20(19)28(26)36/h1-6H,7-18H2,(H,29,33)(H,30,34). The first-order valence-corrected chi connectivity index (χ1v) is 13.1. The van der Waals surface area contributed by atoms with Gasteiger partial charge in [0.05, 0.1) is 48.9 Å². The van der Waals surface area contributed by atoms with Crippen molar-refractivity contribution in [2.75, 3.05) is 76.3 Å². The average molecular weight is 521 g/mol. The maximum Gasteiger partial charge on any atom is 0.225 e. The van der Waals surface area contributed by atoms with E-state index in [1.54, 1.807) is 36.4 Å². The molecule has 10 nitrogen and oxygen atoms in total. The highest BCUT2D eigenvalue weighted by atomic mass is 16.5. The van der Waals surface area contributed by atoms with E-state index in [9.17, 15) is 19.2 Å². The van der Waals surface area contributed by atoms with Gasteiger partial charge in [0.1, 0.15) is 0 Å². The number of morpholine rings is 2. The van der Waals surface area contributed by atoms with E-state index in [0.29, 0.717) is 39.5 Å². The highest BCUT2D eigenvalue weighted by Crippen LogP contribution is 2.36. The zero-order valence-electron chi connectivity index (χ0n) is 21.3. The summed E-state index contributed by atoms with van der Waals surface area (Å²) in [7, 11) is 0. The molecule has 5 rings (SSSR count). The van der Waals surface area contributed by atoms with E-state index in [-0.39, 0.29) is 69.9 Å². The summed E-state index contributed by atoms with van der Waals surface area (Å²) in [6, 6.07) is 9.79. The van der Waals surface area contributed by atoms with Gasteiger partial charge in [-0.1, -0.05) is 24.3 Å². The third kappa shape index (κ3) is 5.83. The van der Waals surface area contributed by atoms with E-state index < -0.39 is 0 Å². The molecule has 2 aliphatic heterocycles. The van der Waals surface area contributed by atoms with Crippen molar-refractivity contribution in [2.24, 2.45) is 0 Å². The van der Waals surface area contributed by atoms with Gasteiger partial charge in [-0.3, -0.25) is 29.0 Å². The molecule has 2 aromatic carbocycles. The van der Waals surface area contributed by atoms with Crippen LogP contribution in [-0.2, 0) is 19.1 Å². The molecule has 2 heterocycles. The number of anilines is 2. The molecule has 0 saturated carbocycles. The largest absolute Gasteiger partial charge is 0.379 e. The molecule has 2 saturated heterocycles. The fourth-order valence-corrected chi connectivity index (χ4v) is 5.03. The highest BCUT2D eigenvalue weighted by molar-refractivity contribution is 6.32. The van der Waals surface area contributed by atoms with E-state index >= 15 is 0 Å². The summed E-state index contributed by atoms with van der Waals surface area (Å²) in [4.78, 5) is 57.1. The van der Waals surface area contributed by atoms with Crippen molar-refractivity contribution in [3.05, 3.63) is 58.7 Å². The summed E-state index contributed by atoms with van der Waals surface area (Å²) in [5.41, 5.74) is 1.32. The third-order valence-electron chi connectivity index (χ3n) is 7.14. The van der Waals surface area contributed by atoms with Crippen molar-refractivity contribution >= 4 is 34.8 Å². The molecule has 10 heteroatoms. The molecule has 3 aliphatic rings. The zero-order valence-corrected chi connectivity index (χ0v) is 21.3. The SMILES string of the molecule is O=C(CCN1CCOCC1)Nc1ccc(NC(=O)CCN2CCOCC2)c2c1C(=O)c1ccccc1C2=O. The number of amides is 2. The van der Waals surface area contributed by atoms with Crippen LogP contribution in [0.2, 0.25) is 0 Å². The average Bonchev–Trinajstić information content (AvgIpc) is 2.95. The summed E-state index contributed by atoms with van der Waals surface area (Å²) in [6.45, 7) is 6.80. The van der Waals surface area contributed by atoms with Crippen LogP contribution in [0.5, 0.6) is 0 Å². The van der Waals surface area contributed by atoms with Gasteiger partial charge in [-0.2, -0.15) is 0 Å². The summed E-state index contributed by atoms with van der Waals surface area (Å²) in [6.07, 6.45) is 0.487. The van der Waals surface area contributed by atoms with Crippen molar-refractivity contribution in [3.63, 3.8) is 0 Å². The lowest BCUT2D eigenvalue weighted by Crippen LogP contribution is -2.38. The molecular formula is C28H32N4O6. The van der Waals surface area contributed by atoms with Crippen LogP contribution in [0.4, 0.5) is 11.4 Å². The molecular weight excluding hydrogens is 488 g/mol. The first-order chi connectivity index (χ1) is 18.5. The number of carbonyl (C=O) groups is 4. The molecule has 0 unspecified atom stereocenters. The van der Waals surface area contributed by atoms with Gasteiger partial charge in [0.25, 0.3) is 0 Å². The van der Waals surface area contributed by atoms with Gasteiger partial charge in [0.15, 0.2) is 11.6 Å². The smallest absolute Gasteiger partial charge is 0.225 e. The number of fused-ring (bicyclic) bond motifs is 2. The van der Waals surface area contributed by atoms with Gasteiger partial charge in [-0.05, 0) is 12.1 Å². The Kier molecular flexibility index (Phi) is 8.23. The molecule has 2 N–H and O–H groups in total. The number of rotatable bonds is 8. The minimum absolute atomic E-state index is 0.111. The van der Waals surface area contributed by atoms with Gasteiger partial charge >= 0.3 is 0 Å². The normalized spacial score (nSPS) is 18.0. The van der Waals surface area contributed by atoms with Gasteiger partial charge in [-0.25, -0.2) is 0 Å². The Bertz CT molecular complexity index is 1140. The Morgan fingerprint density at radius 1 is 0.658 bits per heavy atom. The lowest BCUT2D eigenvalue weighted by Gasteiger charge is -2.27. The second-order valence-corrected chi connectivity index (χ2v) is 9.62. The molecule has 200 valence electrons. The Balaban J connectivity index is 1.36. The van der Waals surface area contributed by atoms with Crippen LogP contribution in [0.1, 0.15) is 44.7 Å². The van der Waals surface area contributed by atoms with E-state index in [4.69, 9.17) is 9.47 Å². The number of hydrogen-bond donors (Lipinski definition) is 2. The van der Waals surface area contributed by atoms with Crippen molar-refractivity contribution in [3.8, 4) is 0 Å². The fourth-order valence-electron chi connectivity index (χ4n) is 5.03. The number of benzene rings is 2. The molecule has 0 radical (unpaired) electrons. The minimum Gasteiger partial charge on any atom is -0.379 e. The highest BCUT2D eigenvalue weighted by Gasteiger charge is 2.34. The summed E-state index contributed by atoms with van der Waals surface area (Å²) in [5.74, 6) is -1.22. The van der Waals surface area contributed by atoms with Crippen LogP contribution in [0.15, 0.2) is 36.4 Å². The Morgan fingerprint density at radius 2 is 1.05 bits per heavy atom. The number of nitrogens with one attached hydrogen (secondary N) is 2. The third-order valence-corrected chi connectivity index (χ3v) is 7.14. The van der Waals surface area contributed by atoms with Crippen LogP contribution >= 0.6 is 0 Å². The van der Waals surface area contributed by atoms with Crippen molar-refractivity contribution in [2.45, 2.75) is 12.8 Å². The molecule has 2 aromatic rings. The van der Waals surface area contributed by atoms with E-state index in [0.717, 1.165) is 26.2 Å². The molecule has 1 aliphatic carbocycles. The predicted molar refractivity (Wildman–Crippen MR) is 141 cm³/mol. The quantitative estimate of drug-likeness (QED) is 0.462. The lowest BCUT2D eigenvalue weighted by molar-refractivity contribution is -0.117. The van der Waals surface area contributed by atoms with Crippen LogP contribution < -0.4 is 10.6 Å². The van der Waals surface area contributed by atoms with Crippen LogP contribution in [0.3, 0.4) is 0 Å². The van der Waals surface area contributed by atoms with E-state index in [2.05, 4.69) is 20.4 Å². The minimum atomic E-state index is -0.358. The van der Waals surface area contributed by atoms with E-state index in [1.807, 2.05) is 0 Å². The Labute approximate surface area is 221 Å². The van der Waals surface area contributed by atoms with Gasteiger partial charge in [0, 0.05) is 63.2 Å². The number of ether oxygens (including phenoxy) is 2. The number of carbonyl (C=O) groups excluding carboxylic acids is 4. The first-order valence-electron chi connectivity index (χ1n) is 13.1. The summed E-state index contributed by atoms with van der Waals surface area (Å²) < 4.78 is 10.7. The van der Waals surface area contributed by atoms with Gasteiger partial charge in [-0.15, -0.1) is 0 Å². The molecule has 0 spiro atoms. The monoisotopic (exact) mass is 520 g/mol. The van der Waals surface area contributed by atoms with Crippen LogP contribution in [-0.4, -0.2) is 98.9 Å². The van der Waals surface area contributed by atoms with Crippen molar-refractivity contribution in [1.29, 1.82) is 0 Å². The molecule has 2 amide bonds. The van der Waals surface area contributed by atoms with E-state index in [1.165, 1.54) is 0 Å². The van der Waals surface area contributed by atoms with Crippen molar-refractivity contribution in [1.82, 2.24) is 9.80 Å². The topological polar surface area (TPSA) is 117 Å². The van der Waals surface area contributed by atoms with Crippen LogP contribution in [0, 0.1) is 0 Å². The van der Waals surface area contributed by atoms with Gasteiger partial charge in [0.2, 0.25) is 11.8 Å². The maximum absolute atomic E-state index is 13.6. The number of ketones is 2. The molecule has 0 bridgehead atoms.